The molecular weight excluding hydrogens is 420 g/mol. The van der Waals surface area contributed by atoms with Gasteiger partial charge in [-0.2, -0.15) is 0 Å². The molecule has 3 aromatic carbocycles. The van der Waals surface area contributed by atoms with Gasteiger partial charge in [0.25, 0.3) is 0 Å². The molecule has 0 fully saturated rings. The van der Waals surface area contributed by atoms with Gasteiger partial charge in [-0.15, -0.1) is 0 Å². The highest BCUT2D eigenvalue weighted by Gasteiger charge is 2.33. The zero-order chi connectivity index (χ0) is 24.7. The molecule has 6 heteroatoms. The van der Waals surface area contributed by atoms with Gasteiger partial charge in [-0.25, -0.2) is 0 Å². The summed E-state index contributed by atoms with van der Waals surface area (Å²) in [4.78, 5) is 0. The first-order valence-electron chi connectivity index (χ1n) is 10.9. The largest absolute Gasteiger partial charge is 0.508 e. The number of rotatable bonds is 6. The maximum Gasteiger partial charge on any atom is 0.132 e. The number of ether oxygens (including phenoxy) is 1. The van der Waals surface area contributed by atoms with E-state index < -0.39 is 11.0 Å². The van der Waals surface area contributed by atoms with Crippen LogP contribution in [0, 0.1) is 0 Å². The molecule has 0 saturated heterocycles. The van der Waals surface area contributed by atoms with Crippen molar-refractivity contribution in [3.05, 3.63) is 70.8 Å². The first-order chi connectivity index (χ1) is 15.2. The average molecular weight is 453 g/mol. The van der Waals surface area contributed by atoms with Gasteiger partial charge in [-0.1, -0.05) is 33.8 Å². The van der Waals surface area contributed by atoms with E-state index in [1.165, 1.54) is 24.3 Å². The average Bonchev–Trinajstić information content (AvgIpc) is 2.68. The lowest BCUT2D eigenvalue weighted by Gasteiger charge is -2.31. The standard InChI is InChI=1S/C27H32O6/c1-15(2)16-11-23(31)25(24(32)12-16)26(3,4)19-9-8-18(14-22(19)30)33-27(5,6)20-13-17(28)7-10-21(20)29/h7-15,28-32H,1-6H3. The number of aromatic hydroxyl groups is 5. The second kappa shape index (κ2) is 8.43. The summed E-state index contributed by atoms with van der Waals surface area (Å²) in [6.07, 6.45) is 0. The van der Waals surface area contributed by atoms with Crippen LogP contribution in [-0.2, 0) is 11.0 Å². The second-order valence-corrected chi connectivity index (χ2v) is 9.71. The van der Waals surface area contributed by atoms with Crippen LogP contribution in [0.5, 0.6) is 34.5 Å². The Kier molecular flexibility index (Phi) is 6.16. The third-order valence-corrected chi connectivity index (χ3v) is 6.06. The van der Waals surface area contributed by atoms with Crippen LogP contribution in [0.1, 0.15) is 69.7 Å². The Bertz CT molecular complexity index is 1150. The SMILES string of the molecule is CC(C)c1cc(O)c(C(C)(C)c2ccc(OC(C)(C)c3cc(O)ccc3O)cc2O)c(O)c1. The van der Waals surface area contributed by atoms with Crippen LogP contribution >= 0.6 is 0 Å². The molecule has 3 rings (SSSR count). The number of phenolic OH excluding ortho intramolecular Hbond substituents is 5. The van der Waals surface area contributed by atoms with Crippen molar-refractivity contribution in [2.24, 2.45) is 0 Å². The number of phenols is 5. The van der Waals surface area contributed by atoms with Gasteiger partial charge in [0, 0.05) is 28.2 Å². The first-order valence-corrected chi connectivity index (χ1v) is 10.9. The van der Waals surface area contributed by atoms with E-state index in [0.717, 1.165) is 5.56 Å². The van der Waals surface area contributed by atoms with Crippen molar-refractivity contribution >= 4 is 0 Å². The smallest absolute Gasteiger partial charge is 0.132 e. The molecule has 176 valence electrons. The Morgan fingerprint density at radius 1 is 0.667 bits per heavy atom. The lowest BCUT2D eigenvalue weighted by molar-refractivity contribution is 0.105. The molecule has 0 aliphatic carbocycles. The molecule has 0 spiro atoms. The van der Waals surface area contributed by atoms with E-state index in [9.17, 15) is 25.5 Å². The van der Waals surface area contributed by atoms with Gasteiger partial charge in [0.2, 0.25) is 0 Å². The molecule has 0 unspecified atom stereocenters. The van der Waals surface area contributed by atoms with E-state index >= 15 is 0 Å². The summed E-state index contributed by atoms with van der Waals surface area (Å²) in [6, 6.07) is 12.3. The van der Waals surface area contributed by atoms with Crippen molar-refractivity contribution in [2.75, 3.05) is 0 Å². The summed E-state index contributed by atoms with van der Waals surface area (Å²) in [5.41, 5.74) is 0.110. The fraction of sp³-hybridized carbons (Fsp3) is 0.333. The molecule has 0 aliphatic rings. The fourth-order valence-corrected chi connectivity index (χ4v) is 4.20. The Labute approximate surface area is 194 Å². The highest BCUT2D eigenvalue weighted by atomic mass is 16.5. The van der Waals surface area contributed by atoms with Gasteiger partial charge < -0.3 is 30.3 Å². The lowest BCUT2D eigenvalue weighted by Crippen LogP contribution is -2.25. The van der Waals surface area contributed by atoms with Crippen molar-refractivity contribution in [1.29, 1.82) is 0 Å². The Morgan fingerprint density at radius 2 is 1.27 bits per heavy atom. The van der Waals surface area contributed by atoms with Crippen LogP contribution in [0.2, 0.25) is 0 Å². The molecule has 0 amide bonds. The van der Waals surface area contributed by atoms with E-state index in [1.54, 1.807) is 52.0 Å². The second-order valence-electron chi connectivity index (χ2n) is 9.71. The molecule has 3 aromatic rings. The lowest BCUT2D eigenvalue weighted by atomic mass is 9.76. The Hall–Kier alpha value is -3.54. The molecular formula is C27H32O6. The van der Waals surface area contributed by atoms with Crippen molar-refractivity contribution in [2.45, 2.75) is 58.5 Å². The van der Waals surface area contributed by atoms with Gasteiger partial charge in [-0.3, -0.25) is 0 Å². The summed E-state index contributed by atoms with van der Waals surface area (Å²) in [5.74, 6) is 0.326. The van der Waals surface area contributed by atoms with Crippen LogP contribution in [0.25, 0.3) is 0 Å². The third-order valence-electron chi connectivity index (χ3n) is 6.06. The van der Waals surface area contributed by atoms with Crippen LogP contribution in [0.15, 0.2) is 48.5 Å². The molecule has 0 bridgehead atoms. The molecule has 0 aliphatic heterocycles. The van der Waals surface area contributed by atoms with Gasteiger partial charge in [0.15, 0.2) is 0 Å². The summed E-state index contributed by atoms with van der Waals surface area (Å²) in [5, 5.41) is 52.2. The predicted molar refractivity (Wildman–Crippen MR) is 128 cm³/mol. The summed E-state index contributed by atoms with van der Waals surface area (Å²) < 4.78 is 6.04. The monoisotopic (exact) mass is 452 g/mol. The van der Waals surface area contributed by atoms with E-state index in [4.69, 9.17) is 4.74 Å². The van der Waals surface area contributed by atoms with Crippen LogP contribution < -0.4 is 4.74 Å². The minimum atomic E-state index is -1.00. The zero-order valence-electron chi connectivity index (χ0n) is 19.8. The minimum absolute atomic E-state index is 0.00233. The van der Waals surface area contributed by atoms with E-state index in [2.05, 4.69) is 0 Å². The predicted octanol–water partition coefficient (Wildman–Crippen LogP) is 5.98. The van der Waals surface area contributed by atoms with E-state index in [0.29, 0.717) is 22.4 Å². The van der Waals surface area contributed by atoms with Crippen LogP contribution in [-0.4, -0.2) is 25.5 Å². The molecule has 33 heavy (non-hydrogen) atoms. The number of hydrogen-bond donors (Lipinski definition) is 5. The highest BCUT2D eigenvalue weighted by Crippen LogP contribution is 2.47. The van der Waals surface area contributed by atoms with Crippen LogP contribution in [0.4, 0.5) is 0 Å². The summed E-state index contributed by atoms with van der Waals surface area (Å²) in [7, 11) is 0. The van der Waals surface area contributed by atoms with Crippen LogP contribution in [0.3, 0.4) is 0 Å². The molecule has 0 aromatic heterocycles. The van der Waals surface area contributed by atoms with Gasteiger partial charge in [0.05, 0.1) is 0 Å². The third kappa shape index (κ3) is 4.65. The molecule has 0 radical (unpaired) electrons. The highest BCUT2D eigenvalue weighted by molar-refractivity contribution is 5.58. The fourth-order valence-electron chi connectivity index (χ4n) is 4.20. The van der Waals surface area contributed by atoms with Gasteiger partial charge in [0.1, 0.15) is 40.1 Å². The van der Waals surface area contributed by atoms with Crippen molar-refractivity contribution < 1.29 is 30.3 Å². The Balaban J connectivity index is 1.97. The first kappa shape index (κ1) is 24.1. The summed E-state index contributed by atoms with van der Waals surface area (Å²) >= 11 is 0. The normalized spacial score (nSPS) is 12.2. The maximum atomic E-state index is 10.8. The number of benzene rings is 3. The van der Waals surface area contributed by atoms with Crippen molar-refractivity contribution in [3.8, 4) is 34.5 Å². The van der Waals surface area contributed by atoms with Crippen molar-refractivity contribution in [3.63, 3.8) is 0 Å². The molecule has 6 nitrogen and oxygen atoms in total. The quantitative estimate of drug-likeness (QED) is 0.294. The van der Waals surface area contributed by atoms with E-state index in [-0.39, 0.29) is 34.7 Å². The maximum absolute atomic E-state index is 10.8. The molecule has 5 N–H and O–H groups in total. The number of hydrogen-bond acceptors (Lipinski definition) is 6. The molecule has 0 heterocycles. The Morgan fingerprint density at radius 3 is 1.82 bits per heavy atom. The van der Waals surface area contributed by atoms with Gasteiger partial charge >= 0.3 is 0 Å². The van der Waals surface area contributed by atoms with Gasteiger partial charge in [-0.05, 0) is 61.7 Å². The van der Waals surface area contributed by atoms with Crippen molar-refractivity contribution in [1.82, 2.24) is 0 Å². The minimum Gasteiger partial charge on any atom is -0.508 e. The molecule has 0 saturated carbocycles. The molecule has 0 atom stereocenters. The topological polar surface area (TPSA) is 110 Å². The summed E-state index contributed by atoms with van der Waals surface area (Å²) in [6.45, 7) is 11.0. The zero-order valence-corrected chi connectivity index (χ0v) is 19.8. The van der Waals surface area contributed by atoms with E-state index in [1.807, 2.05) is 13.8 Å².